The second-order valence-electron chi connectivity index (χ2n) is 3.85. The summed E-state index contributed by atoms with van der Waals surface area (Å²) < 4.78 is 14.3. The largest absolute Gasteiger partial charge is 0.388 e. The van der Waals surface area contributed by atoms with Crippen molar-refractivity contribution in [3.63, 3.8) is 0 Å². The fraction of sp³-hybridized carbons (Fsp3) is 0.231. The van der Waals surface area contributed by atoms with E-state index in [0.717, 1.165) is 6.42 Å². The van der Waals surface area contributed by atoms with Crippen LogP contribution in [0.1, 0.15) is 23.7 Å². The summed E-state index contributed by atoms with van der Waals surface area (Å²) in [6.45, 7) is 0. The van der Waals surface area contributed by atoms with Crippen molar-refractivity contribution >= 4 is 27.3 Å². The molecule has 1 aromatic carbocycles. The molecule has 17 heavy (non-hydrogen) atoms. The van der Waals surface area contributed by atoms with E-state index in [2.05, 4.69) is 15.9 Å². The number of aliphatic hydroxyl groups excluding tert-OH is 1. The van der Waals surface area contributed by atoms with Crippen molar-refractivity contribution in [1.29, 1.82) is 0 Å². The van der Waals surface area contributed by atoms with Crippen LogP contribution in [0.2, 0.25) is 0 Å². The highest BCUT2D eigenvalue weighted by Gasteiger charge is 2.13. The molecule has 0 fully saturated rings. The second kappa shape index (κ2) is 5.76. The van der Waals surface area contributed by atoms with Crippen LogP contribution in [0.3, 0.4) is 0 Å². The van der Waals surface area contributed by atoms with E-state index in [4.69, 9.17) is 0 Å². The van der Waals surface area contributed by atoms with Gasteiger partial charge >= 0.3 is 0 Å². The van der Waals surface area contributed by atoms with Gasteiger partial charge in [-0.3, -0.25) is 0 Å². The third-order valence-electron chi connectivity index (χ3n) is 2.61. The van der Waals surface area contributed by atoms with Crippen molar-refractivity contribution in [2.24, 2.45) is 0 Å². The number of aliphatic hydroxyl groups is 1. The topological polar surface area (TPSA) is 20.2 Å². The van der Waals surface area contributed by atoms with E-state index in [1.165, 1.54) is 11.6 Å². The zero-order valence-corrected chi connectivity index (χ0v) is 11.5. The Morgan fingerprint density at radius 2 is 2.18 bits per heavy atom. The van der Waals surface area contributed by atoms with Crippen molar-refractivity contribution < 1.29 is 9.50 Å². The molecule has 1 unspecified atom stereocenters. The molecule has 2 rings (SSSR count). The van der Waals surface area contributed by atoms with E-state index in [9.17, 15) is 9.50 Å². The van der Waals surface area contributed by atoms with Gasteiger partial charge in [0.1, 0.15) is 5.82 Å². The lowest BCUT2D eigenvalue weighted by molar-refractivity contribution is 0.163. The van der Waals surface area contributed by atoms with Crippen molar-refractivity contribution in [3.05, 3.63) is 56.4 Å². The fourth-order valence-electron chi connectivity index (χ4n) is 1.67. The molecule has 0 aliphatic rings. The highest BCUT2D eigenvalue weighted by atomic mass is 79.9. The molecule has 90 valence electrons. The van der Waals surface area contributed by atoms with Crippen LogP contribution in [0.15, 0.2) is 39.5 Å². The summed E-state index contributed by atoms with van der Waals surface area (Å²) in [6, 6.07) is 6.77. The number of aryl methyl sites for hydroxylation is 1. The summed E-state index contributed by atoms with van der Waals surface area (Å²) in [6.07, 6.45) is 0.554. The van der Waals surface area contributed by atoms with Crippen LogP contribution in [0.4, 0.5) is 4.39 Å². The molecule has 4 heteroatoms. The van der Waals surface area contributed by atoms with Gasteiger partial charge in [-0.1, -0.05) is 22.0 Å². The molecule has 1 heterocycles. The van der Waals surface area contributed by atoms with Gasteiger partial charge in [0.15, 0.2) is 0 Å². The van der Waals surface area contributed by atoms with Crippen LogP contribution >= 0.6 is 27.3 Å². The van der Waals surface area contributed by atoms with Crippen molar-refractivity contribution in [2.75, 3.05) is 0 Å². The van der Waals surface area contributed by atoms with Gasteiger partial charge < -0.3 is 5.11 Å². The minimum atomic E-state index is -0.747. The Morgan fingerprint density at radius 1 is 1.35 bits per heavy atom. The van der Waals surface area contributed by atoms with Gasteiger partial charge in [-0.05, 0) is 47.4 Å². The molecular weight excluding hydrogens is 303 g/mol. The summed E-state index contributed by atoms with van der Waals surface area (Å²) >= 11 is 4.83. The third-order valence-corrected chi connectivity index (χ3v) is 3.83. The molecule has 0 saturated carbocycles. The van der Waals surface area contributed by atoms with Gasteiger partial charge in [0, 0.05) is 10.0 Å². The standard InChI is InChI=1S/C13H12BrFOS/c14-10-2-3-11(12(15)7-10)13(16)4-1-9-5-6-17-8-9/h2-3,5-8,13,16H,1,4H2. The van der Waals surface area contributed by atoms with Crippen LogP contribution < -0.4 is 0 Å². The number of rotatable bonds is 4. The van der Waals surface area contributed by atoms with E-state index in [0.29, 0.717) is 16.5 Å². The Hall–Kier alpha value is -0.710. The highest BCUT2D eigenvalue weighted by molar-refractivity contribution is 9.10. The summed E-state index contributed by atoms with van der Waals surface area (Å²) in [7, 11) is 0. The molecule has 0 radical (unpaired) electrons. The Balaban J connectivity index is 2.01. The molecule has 1 nitrogen and oxygen atoms in total. The Bertz CT molecular complexity index is 484. The van der Waals surface area contributed by atoms with Crippen LogP contribution in [0, 0.1) is 5.82 Å². The van der Waals surface area contributed by atoms with Gasteiger partial charge in [0.2, 0.25) is 0 Å². The van der Waals surface area contributed by atoms with E-state index < -0.39 is 6.10 Å². The van der Waals surface area contributed by atoms with Gasteiger partial charge in [-0.15, -0.1) is 0 Å². The summed E-state index contributed by atoms with van der Waals surface area (Å²) in [5.74, 6) is -0.364. The van der Waals surface area contributed by atoms with Gasteiger partial charge in [0.05, 0.1) is 6.10 Å². The first-order valence-corrected chi connectivity index (χ1v) is 7.04. The SMILES string of the molecule is OC(CCc1ccsc1)c1ccc(Br)cc1F. The molecule has 1 N–H and O–H groups in total. The number of hydrogen-bond donors (Lipinski definition) is 1. The second-order valence-corrected chi connectivity index (χ2v) is 5.55. The lowest BCUT2D eigenvalue weighted by Gasteiger charge is -2.11. The molecule has 0 aliphatic carbocycles. The molecule has 2 aromatic rings. The Kier molecular flexibility index (Phi) is 4.31. The summed E-state index contributed by atoms with van der Waals surface area (Å²) in [4.78, 5) is 0. The van der Waals surface area contributed by atoms with Crippen LogP contribution in [-0.4, -0.2) is 5.11 Å². The smallest absolute Gasteiger partial charge is 0.130 e. The van der Waals surface area contributed by atoms with Crippen molar-refractivity contribution in [2.45, 2.75) is 18.9 Å². The number of thiophene rings is 1. The first-order chi connectivity index (χ1) is 8.16. The average molecular weight is 315 g/mol. The maximum absolute atomic E-state index is 13.6. The average Bonchev–Trinajstić information content (AvgIpc) is 2.78. The van der Waals surface area contributed by atoms with E-state index in [1.807, 2.05) is 16.8 Å². The monoisotopic (exact) mass is 314 g/mol. The van der Waals surface area contributed by atoms with Gasteiger partial charge in [-0.2, -0.15) is 11.3 Å². The zero-order chi connectivity index (χ0) is 12.3. The van der Waals surface area contributed by atoms with Crippen LogP contribution in [0.25, 0.3) is 0 Å². The third kappa shape index (κ3) is 3.37. The predicted molar refractivity (Wildman–Crippen MR) is 71.7 cm³/mol. The van der Waals surface area contributed by atoms with Gasteiger partial charge in [0.25, 0.3) is 0 Å². The lowest BCUT2D eigenvalue weighted by atomic mass is 10.0. The fourth-order valence-corrected chi connectivity index (χ4v) is 2.70. The van der Waals surface area contributed by atoms with Crippen molar-refractivity contribution in [1.82, 2.24) is 0 Å². The molecule has 1 aromatic heterocycles. The van der Waals surface area contributed by atoms with Crippen LogP contribution in [-0.2, 0) is 6.42 Å². The Labute approximate surface area is 112 Å². The summed E-state index contributed by atoms with van der Waals surface area (Å²) in [5, 5.41) is 14.0. The predicted octanol–water partition coefficient (Wildman–Crippen LogP) is 4.32. The van der Waals surface area contributed by atoms with E-state index in [1.54, 1.807) is 23.5 Å². The molecule has 0 bridgehead atoms. The molecular formula is C13H12BrFOS. The zero-order valence-electron chi connectivity index (χ0n) is 9.07. The minimum absolute atomic E-state index is 0.364. The van der Waals surface area contributed by atoms with Gasteiger partial charge in [-0.25, -0.2) is 4.39 Å². The normalized spacial score (nSPS) is 12.6. The first-order valence-electron chi connectivity index (χ1n) is 5.31. The Morgan fingerprint density at radius 3 is 2.82 bits per heavy atom. The number of hydrogen-bond acceptors (Lipinski definition) is 2. The molecule has 0 spiro atoms. The van der Waals surface area contributed by atoms with Crippen molar-refractivity contribution in [3.8, 4) is 0 Å². The maximum Gasteiger partial charge on any atom is 0.130 e. The quantitative estimate of drug-likeness (QED) is 0.891. The minimum Gasteiger partial charge on any atom is -0.388 e. The molecule has 1 atom stereocenters. The summed E-state index contributed by atoms with van der Waals surface area (Å²) in [5.41, 5.74) is 1.55. The number of halogens is 2. The van der Waals surface area contributed by atoms with E-state index in [-0.39, 0.29) is 5.82 Å². The maximum atomic E-state index is 13.6. The molecule has 0 saturated heterocycles. The first kappa shape index (κ1) is 12.7. The lowest BCUT2D eigenvalue weighted by Crippen LogP contribution is -2.02. The highest BCUT2D eigenvalue weighted by Crippen LogP contribution is 2.24. The molecule has 0 amide bonds. The van der Waals surface area contributed by atoms with Crippen LogP contribution in [0.5, 0.6) is 0 Å². The molecule has 0 aliphatic heterocycles. The van der Waals surface area contributed by atoms with E-state index >= 15 is 0 Å². The number of benzene rings is 1.